The average Bonchev–Trinajstić information content (AvgIpc) is 3.40. The van der Waals surface area contributed by atoms with Crippen molar-refractivity contribution in [2.45, 2.75) is 13.5 Å². The highest BCUT2D eigenvalue weighted by Crippen LogP contribution is 2.31. The fourth-order valence-corrected chi connectivity index (χ4v) is 4.57. The van der Waals surface area contributed by atoms with E-state index in [9.17, 15) is 4.79 Å². The van der Waals surface area contributed by atoms with Gasteiger partial charge in [0.1, 0.15) is 11.5 Å². The number of nitrogens with zero attached hydrogens (tertiary/aromatic N) is 3. The first-order valence-electron chi connectivity index (χ1n) is 10.3. The molecular weight excluding hydrogens is 426 g/mol. The lowest BCUT2D eigenvalue weighted by molar-refractivity contribution is -0.147. The number of aryl methyl sites for hydroxylation is 1. The van der Waals surface area contributed by atoms with E-state index in [4.69, 9.17) is 14.4 Å². The number of thiophene rings is 1. The summed E-state index contributed by atoms with van der Waals surface area (Å²) in [5, 5.41) is 15.2. The molecule has 1 fully saturated rings. The fraction of sp³-hybridized carbons (Fsp3) is 0.208. The van der Waals surface area contributed by atoms with Crippen molar-refractivity contribution in [2.75, 3.05) is 13.1 Å². The Kier molecular flexibility index (Phi) is 5.46. The van der Waals surface area contributed by atoms with Crippen LogP contribution in [0.25, 0.3) is 22.8 Å². The number of benzene rings is 2. The van der Waals surface area contributed by atoms with Crippen LogP contribution in [0.4, 0.5) is 0 Å². The van der Waals surface area contributed by atoms with E-state index in [2.05, 4.69) is 15.0 Å². The van der Waals surface area contributed by atoms with Crippen LogP contribution in [0.1, 0.15) is 10.4 Å². The van der Waals surface area contributed by atoms with Crippen LogP contribution in [0.15, 0.2) is 64.5 Å². The van der Waals surface area contributed by atoms with Crippen molar-refractivity contribution in [3.05, 3.63) is 70.4 Å². The van der Waals surface area contributed by atoms with Crippen LogP contribution >= 0.6 is 11.3 Å². The van der Waals surface area contributed by atoms with E-state index in [1.165, 1.54) is 0 Å². The van der Waals surface area contributed by atoms with Gasteiger partial charge in [0.25, 0.3) is 5.89 Å². The summed E-state index contributed by atoms with van der Waals surface area (Å²) in [7, 11) is 0. The standard InChI is InChI=1S/C24H21N3O4S/c1-15-9-19(30-18-5-3-2-4-6-18)7-8-21(15)23-25-22(26-31-23)16-10-20(32-14-16)13-27-11-17(12-27)24(28)29/h2-10,14,17H,11-13H2,1H3,(H,28,29). The van der Waals surface area contributed by atoms with Crippen molar-refractivity contribution in [2.24, 2.45) is 5.92 Å². The second-order valence-electron chi connectivity index (χ2n) is 7.85. The molecule has 1 aliphatic heterocycles. The minimum Gasteiger partial charge on any atom is -0.481 e. The highest BCUT2D eigenvalue weighted by molar-refractivity contribution is 7.10. The van der Waals surface area contributed by atoms with Crippen LogP contribution in [0, 0.1) is 12.8 Å². The third-order valence-electron chi connectivity index (χ3n) is 5.43. The van der Waals surface area contributed by atoms with Gasteiger partial charge in [-0.05, 0) is 48.9 Å². The van der Waals surface area contributed by atoms with E-state index < -0.39 is 5.97 Å². The predicted molar refractivity (Wildman–Crippen MR) is 121 cm³/mol. The SMILES string of the molecule is Cc1cc(Oc2ccccc2)ccc1-c1nc(-c2csc(CN3CC(C(=O)O)C3)c2)no1. The van der Waals surface area contributed by atoms with Crippen LogP contribution in [0.5, 0.6) is 11.5 Å². The Hall–Kier alpha value is -3.49. The average molecular weight is 448 g/mol. The minimum absolute atomic E-state index is 0.248. The normalized spacial score (nSPS) is 14.3. The van der Waals surface area contributed by atoms with Gasteiger partial charge in [0.2, 0.25) is 5.82 Å². The molecule has 1 aliphatic rings. The lowest BCUT2D eigenvalue weighted by Crippen LogP contribution is -2.49. The summed E-state index contributed by atoms with van der Waals surface area (Å²) in [5.74, 6) is 1.56. The molecule has 4 aromatic rings. The van der Waals surface area contributed by atoms with Crippen molar-refractivity contribution in [1.82, 2.24) is 15.0 Å². The number of carboxylic acids is 1. The first kappa shape index (κ1) is 20.4. The van der Waals surface area contributed by atoms with Crippen molar-refractivity contribution < 1.29 is 19.2 Å². The molecule has 8 heteroatoms. The van der Waals surface area contributed by atoms with Gasteiger partial charge in [0.15, 0.2) is 0 Å². The molecule has 0 amide bonds. The van der Waals surface area contributed by atoms with Gasteiger partial charge in [-0.1, -0.05) is 23.4 Å². The summed E-state index contributed by atoms with van der Waals surface area (Å²) >= 11 is 1.62. The van der Waals surface area contributed by atoms with Crippen LogP contribution in [0.2, 0.25) is 0 Å². The molecule has 32 heavy (non-hydrogen) atoms. The number of rotatable bonds is 7. The van der Waals surface area contributed by atoms with Crippen molar-refractivity contribution in [1.29, 1.82) is 0 Å². The van der Waals surface area contributed by atoms with Crippen molar-refractivity contribution >= 4 is 17.3 Å². The number of hydrogen-bond acceptors (Lipinski definition) is 7. The Morgan fingerprint density at radius 1 is 1.19 bits per heavy atom. The third kappa shape index (κ3) is 4.28. The smallest absolute Gasteiger partial charge is 0.309 e. The summed E-state index contributed by atoms with van der Waals surface area (Å²) < 4.78 is 11.4. The Morgan fingerprint density at radius 3 is 2.75 bits per heavy atom. The van der Waals surface area contributed by atoms with Crippen LogP contribution in [-0.4, -0.2) is 39.2 Å². The number of ether oxygens (including phenoxy) is 1. The molecule has 2 aromatic heterocycles. The van der Waals surface area contributed by atoms with Gasteiger partial charge in [0.05, 0.1) is 5.92 Å². The first-order chi connectivity index (χ1) is 15.5. The Morgan fingerprint density at radius 2 is 2.00 bits per heavy atom. The lowest BCUT2D eigenvalue weighted by Gasteiger charge is -2.36. The van der Waals surface area contributed by atoms with E-state index in [0.717, 1.165) is 39.6 Å². The summed E-state index contributed by atoms with van der Waals surface area (Å²) in [4.78, 5) is 18.8. The quantitative estimate of drug-likeness (QED) is 0.422. The zero-order valence-electron chi connectivity index (χ0n) is 17.4. The molecule has 5 rings (SSSR count). The maximum absolute atomic E-state index is 11.0. The largest absolute Gasteiger partial charge is 0.481 e. The molecule has 0 atom stereocenters. The molecule has 0 bridgehead atoms. The van der Waals surface area contributed by atoms with Crippen molar-refractivity contribution in [3.63, 3.8) is 0 Å². The first-order valence-corrected chi connectivity index (χ1v) is 11.1. The van der Waals surface area contributed by atoms with E-state index in [1.54, 1.807) is 11.3 Å². The maximum atomic E-state index is 11.0. The summed E-state index contributed by atoms with van der Waals surface area (Å²) in [6, 6.07) is 17.4. The van der Waals surface area contributed by atoms with Crippen molar-refractivity contribution in [3.8, 4) is 34.3 Å². The van der Waals surface area contributed by atoms with Crippen LogP contribution < -0.4 is 4.74 Å². The Balaban J connectivity index is 1.27. The molecule has 2 aromatic carbocycles. The number of likely N-dealkylation sites (tertiary alicyclic amines) is 1. The minimum atomic E-state index is -0.720. The summed E-state index contributed by atoms with van der Waals surface area (Å²) in [5.41, 5.74) is 2.74. The molecule has 1 saturated heterocycles. The van der Waals surface area contributed by atoms with Gasteiger partial charge in [-0.15, -0.1) is 11.3 Å². The monoisotopic (exact) mass is 447 g/mol. The molecular formula is C24H21N3O4S. The molecule has 0 radical (unpaired) electrons. The van der Waals surface area contributed by atoms with E-state index in [1.807, 2.05) is 66.9 Å². The second-order valence-corrected chi connectivity index (χ2v) is 8.84. The lowest BCUT2D eigenvalue weighted by atomic mass is 10.0. The van der Waals surface area contributed by atoms with Gasteiger partial charge in [-0.2, -0.15) is 4.98 Å². The van der Waals surface area contributed by atoms with Gasteiger partial charge < -0.3 is 14.4 Å². The third-order valence-corrected chi connectivity index (χ3v) is 6.35. The topological polar surface area (TPSA) is 88.7 Å². The molecule has 0 spiro atoms. The van der Waals surface area contributed by atoms with Gasteiger partial charge >= 0.3 is 5.97 Å². The van der Waals surface area contributed by atoms with E-state index in [0.29, 0.717) is 24.8 Å². The molecule has 0 saturated carbocycles. The molecule has 162 valence electrons. The number of carbonyl (C=O) groups is 1. The Labute approximate surface area is 188 Å². The summed E-state index contributed by atoms with van der Waals surface area (Å²) in [6.45, 7) is 3.91. The molecule has 1 N–H and O–H groups in total. The fourth-order valence-electron chi connectivity index (χ4n) is 3.67. The van der Waals surface area contributed by atoms with Gasteiger partial charge in [-0.25, -0.2) is 0 Å². The number of para-hydroxylation sites is 1. The van der Waals surface area contributed by atoms with E-state index >= 15 is 0 Å². The van der Waals surface area contributed by atoms with E-state index in [-0.39, 0.29) is 5.92 Å². The highest BCUT2D eigenvalue weighted by Gasteiger charge is 2.32. The number of aliphatic carboxylic acids is 1. The predicted octanol–water partition coefficient (Wildman–Crippen LogP) is 5.08. The molecule has 0 unspecified atom stereocenters. The number of carboxylic acid groups (broad SMARTS) is 1. The maximum Gasteiger partial charge on any atom is 0.309 e. The molecule has 3 heterocycles. The molecule has 7 nitrogen and oxygen atoms in total. The van der Waals surface area contributed by atoms with Crippen LogP contribution in [-0.2, 0) is 11.3 Å². The number of aromatic nitrogens is 2. The Bertz CT molecular complexity index is 1250. The van der Waals surface area contributed by atoms with Gasteiger partial charge in [0, 0.05) is 41.0 Å². The second kappa shape index (κ2) is 8.57. The highest BCUT2D eigenvalue weighted by atomic mass is 32.1. The van der Waals surface area contributed by atoms with Crippen LogP contribution in [0.3, 0.4) is 0 Å². The number of hydrogen-bond donors (Lipinski definition) is 1. The zero-order valence-corrected chi connectivity index (χ0v) is 18.2. The summed E-state index contributed by atoms with van der Waals surface area (Å²) in [6.07, 6.45) is 0. The molecule has 0 aliphatic carbocycles. The van der Waals surface area contributed by atoms with Gasteiger partial charge in [-0.3, -0.25) is 9.69 Å². The zero-order chi connectivity index (χ0) is 22.1.